The van der Waals surface area contributed by atoms with E-state index in [2.05, 4.69) is 22.2 Å². The van der Waals surface area contributed by atoms with Gasteiger partial charge in [-0.1, -0.05) is 37.3 Å². The predicted octanol–water partition coefficient (Wildman–Crippen LogP) is 1.86. The summed E-state index contributed by atoms with van der Waals surface area (Å²) in [5.41, 5.74) is 1.85. The van der Waals surface area contributed by atoms with Crippen LogP contribution in [0.4, 0.5) is 0 Å². The van der Waals surface area contributed by atoms with Crippen LogP contribution in [0.5, 0.6) is 0 Å². The molecule has 0 aliphatic rings. The summed E-state index contributed by atoms with van der Waals surface area (Å²) < 4.78 is 0. The van der Waals surface area contributed by atoms with Crippen LogP contribution in [0.15, 0.2) is 41.2 Å². The van der Waals surface area contributed by atoms with Crippen molar-refractivity contribution in [2.24, 2.45) is 0 Å². The Kier molecular flexibility index (Phi) is 4.86. The summed E-state index contributed by atoms with van der Waals surface area (Å²) in [7, 11) is 0. The van der Waals surface area contributed by atoms with Crippen LogP contribution < -0.4 is 10.9 Å². The Bertz CT molecular complexity index is 563. The van der Waals surface area contributed by atoms with Gasteiger partial charge in [-0.3, -0.25) is 4.79 Å². The lowest BCUT2D eigenvalue weighted by Crippen LogP contribution is -2.19. The van der Waals surface area contributed by atoms with Crippen molar-refractivity contribution in [3.63, 3.8) is 0 Å². The fourth-order valence-electron chi connectivity index (χ4n) is 1.92. The van der Waals surface area contributed by atoms with Crippen LogP contribution in [0.2, 0.25) is 0 Å². The molecule has 0 saturated carbocycles. The minimum atomic E-state index is -0.0887. The van der Waals surface area contributed by atoms with E-state index >= 15 is 0 Å². The molecule has 0 atom stereocenters. The first-order chi connectivity index (χ1) is 9.28. The molecule has 2 aromatic rings. The second kappa shape index (κ2) is 6.85. The molecule has 1 aromatic carbocycles. The van der Waals surface area contributed by atoms with Gasteiger partial charge < -0.3 is 10.3 Å². The molecule has 19 heavy (non-hydrogen) atoms. The third-order valence-electron chi connectivity index (χ3n) is 2.79. The topological polar surface area (TPSA) is 57.8 Å². The van der Waals surface area contributed by atoms with Crippen LogP contribution in [-0.2, 0) is 13.0 Å². The van der Waals surface area contributed by atoms with Crippen LogP contribution in [0.25, 0.3) is 0 Å². The Hall–Kier alpha value is -1.94. The SMILES string of the molecule is CCCNCc1cc(=O)[nH]c(Cc2ccccc2)n1. The number of nitrogens with zero attached hydrogens (tertiary/aromatic N) is 1. The zero-order chi connectivity index (χ0) is 13.5. The Morgan fingerprint density at radius 2 is 2.05 bits per heavy atom. The van der Waals surface area contributed by atoms with Gasteiger partial charge in [0, 0.05) is 19.0 Å². The summed E-state index contributed by atoms with van der Waals surface area (Å²) in [5, 5.41) is 3.25. The van der Waals surface area contributed by atoms with E-state index in [-0.39, 0.29) is 5.56 Å². The molecule has 4 heteroatoms. The number of hydrogen-bond donors (Lipinski definition) is 2. The van der Waals surface area contributed by atoms with Crippen molar-refractivity contribution in [2.45, 2.75) is 26.3 Å². The summed E-state index contributed by atoms with van der Waals surface area (Å²) >= 11 is 0. The first kappa shape index (κ1) is 13.5. The fourth-order valence-corrected chi connectivity index (χ4v) is 1.92. The van der Waals surface area contributed by atoms with Gasteiger partial charge in [0.05, 0.1) is 5.69 Å². The van der Waals surface area contributed by atoms with Crippen molar-refractivity contribution in [1.82, 2.24) is 15.3 Å². The Morgan fingerprint density at radius 3 is 2.79 bits per heavy atom. The van der Waals surface area contributed by atoms with Crippen molar-refractivity contribution in [1.29, 1.82) is 0 Å². The monoisotopic (exact) mass is 257 g/mol. The highest BCUT2D eigenvalue weighted by Gasteiger charge is 2.02. The number of nitrogens with one attached hydrogen (secondary N) is 2. The fraction of sp³-hybridized carbons (Fsp3) is 0.333. The molecule has 1 heterocycles. The van der Waals surface area contributed by atoms with Crippen LogP contribution >= 0.6 is 0 Å². The molecular weight excluding hydrogens is 238 g/mol. The molecular formula is C15H19N3O. The summed E-state index contributed by atoms with van der Waals surface area (Å²) in [4.78, 5) is 18.9. The molecule has 0 unspecified atom stereocenters. The molecule has 0 radical (unpaired) electrons. The molecule has 2 rings (SSSR count). The molecule has 4 nitrogen and oxygen atoms in total. The summed E-state index contributed by atoms with van der Waals surface area (Å²) in [6, 6.07) is 11.6. The summed E-state index contributed by atoms with van der Waals surface area (Å²) in [6.45, 7) is 3.68. The first-order valence-electron chi connectivity index (χ1n) is 6.61. The largest absolute Gasteiger partial charge is 0.311 e. The number of rotatable bonds is 6. The third kappa shape index (κ3) is 4.34. The lowest BCUT2D eigenvalue weighted by Gasteiger charge is -2.05. The molecule has 2 N–H and O–H groups in total. The predicted molar refractivity (Wildman–Crippen MR) is 76.1 cm³/mol. The van der Waals surface area contributed by atoms with E-state index in [0.717, 1.165) is 24.2 Å². The van der Waals surface area contributed by atoms with Gasteiger partial charge in [0.1, 0.15) is 5.82 Å². The van der Waals surface area contributed by atoms with Gasteiger partial charge in [0.2, 0.25) is 0 Å². The van der Waals surface area contributed by atoms with Crippen molar-refractivity contribution in [2.75, 3.05) is 6.54 Å². The molecule has 0 amide bonds. The minimum absolute atomic E-state index is 0.0887. The van der Waals surface area contributed by atoms with Gasteiger partial charge in [0.25, 0.3) is 5.56 Å². The zero-order valence-corrected chi connectivity index (χ0v) is 11.1. The van der Waals surface area contributed by atoms with E-state index in [4.69, 9.17) is 0 Å². The lowest BCUT2D eigenvalue weighted by molar-refractivity contribution is 0.658. The van der Waals surface area contributed by atoms with E-state index in [0.29, 0.717) is 18.8 Å². The van der Waals surface area contributed by atoms with E-state index < -0.39 is 0 Å². The van der Waals surface area contributed by atoms with Crippen LogP contribution in [-0.4, -0.2) is 16.5 Å². The van der Waals surface area contributed by atoms with Crippen molar-refractivity contribution in [3.05, 3.63) is 63.8 Å². The molecule has 0 aliphatic heterocycles. The second-order valence-corrected chi connectivity index (χ2v) is 4.52. The van der Waals surface area contributed by atoms with E-state index in [1.807, 2.05) is 30.3 Å². The Morgan fingerprint density at radius 1 is 1.26 bits per heavy atom. The van der Waals surface area contributed by atoms with E-state index in [1.165, 1.54) is 0 Å². The number of H-pyrrole nitrogens is 1. The Labute approximate surface area is 112 Å². The average Bonchev–Trinajstić information content (AvgIpc) is 2.39. The summed E-state index contributed by atoms with van der Waals surface area (Å²) in [5.74, 6) is 0.715. The van der Waals surface area contributed by atoms with Gasteiger partial charge >= 0.3 is 0 Å². The molecule has 0 fully saturated rings. The standard InChI is InChI=1S/C15H19N3O/c1-2-8-16-11-13-10-15(19)18-14(17-13)9-12-6-4-3-5-7-12/h3-7,10,16H,2,8-9,11H2,1H3,(H,17,18,19). The number of benzene rings is 1. The van der Waals surface area contributed by atoms with Crippen LogP contribution in [0.1, 0.15) is 30.4 Å². The van der Waals surface area contributed by atoms with Gasteiger partial charge in [0.15, 0.2) is 0 Å². The highest BCUT2D eigenvalue weighted by atomic mass is 16.1. The van der Waals surface area contributed by atoms with Crippen molar-refractivity contribution < 1.29 is 0 Å². The minimum Gasteiger partial charge on any atom is -0.311 e. The van der Waals surface area contributed by atoms with E-state index in [9.17, 15) is 4.79 Å². The first-order valence-corrected chi connectivity index (χ1v) is 6.61. The highest BCUT2D eigenvalue weighted by molar-refractivity contribution is 5.19. The molecule has 0 aliphatic carbocycles. The Balaban J connectivity index is 2.10. The van der Waals surface area contributed by atoms with E-state index in [1.54, 1.807) is 6.07 Å². The molecule has 1 aromatic heterocycles. The molecule has 100 valence electrons. The number of aromatic nitrogens is 2. The zero-order valence-electron chi connectivity index (χ0n) is 11.1. The number of aromatic amines is 1. The molecule has 0 spiro atoms. The van der Waals surface area contributed by atoms with Gasteiger partial charge in [-0.25, -0.2) is 4.98 Å². The third-order valence-corrected chi connectivity index (χ3v) is 2.79. The van der Waals surface area contributed by atoms with Gasteiger partial charge in [-0.15, -0.1) is 0 Å². The quantitative estimate of drug-likeness (QED) is 0.777. The van der Waals surface area contributed by atoms with Crippen LogP contribution in [0, 0.1) is 0 Å². The molecule has 0 saturated heterocycles. The maximum Gasteiger partial charge on any atom is 0.251 e. The summed E-state index contributed by atoms with van der Waals surface area (Å²) in [6.07, 6.45) is 1.72. The highest BCUT2D eigenvalue weighted by Crippen LogP contribution is 2.04. The van der Waals surface area contributed by atoms with Crippen molar-refractivity contribution in [3.8, 4) is 0 Å². The normalized spacial score (nSPS) is 10.6. The maximum absolute atomic E-state index is 11.6. The molecule has 0 bridgehead atoms. The van der Waals surface area contributed by atoms with Gasteiger partial charge in [-0.05, 0) is 18.5 Å². The maximum atomic E-state index is 11.6. The second-order valence-electron chi connectivity index (χ2n) is 4.52. The lowest BCUT2D eigenvalue weighted by atomic mass is 10.1. The van der Waals surface area contributed by atoms with Gasteiger partial charge in [-0.2, -0.15) is 0 Å². The average molecular weight is 257 g/mol. The number of hydrogen-bond acceptors (Lipinski definition) is 3. The van der Waals surface area contributed by atoms with Crippen molar-refractivity contribution >= 4 is 0 Å². The smallest absolute Gasteiger partial charge is 0.251 e. The van der Waals surface area contributed by atoms with Crippen LogP contribution in [0.3, 0.4) is 0 Å².